The van der Waals surface area contributed by atoms with Gasteiger partial charge in [0.25, 0.3) is 0 Å². The Morgan fingerprint density at radius 3 is 2.56 bits per heavy atom. The Morgan fingerprint density at radius 1 is 1.19 bits per heavy atom. The fourth-order valence-electron chi connectivity index (χ4n) is 2.14. The summed E-state index contributed by atoms with van der Waals surface area (Å²) in [7, 11) is 0. The van der Waals surface area contributed by atoms with Crippen molar-refractivity contribution in [3.8, 4) is 0 Å². The molecule has 0 saturated heterocycles. The SMILES string of the molecule is O=C(O)C1CCCCC1[I+]c1ccccc1. The standard InChI is InChI=1S/C13H15IO2/c15-13(16)11-8-4-5-9-12(11)14-10-6-2-1-3-7-10/h1-3,6-7,11-12H,4-5,8-9H2/p+1. The van der Waals surface area contributed by atoms with Crippen molar-refractivity contribution in [1.29, 1.82) is 0 Å². The van der Waals surface area contributed by atoms with Crippen LogP contribution in [0.1, 0.15) is 25.7 Å². The topological polar surface area (TPSA) is 37.3 Å². The molecule has 2 atom stereocenters. The van der Waals surface area contributed by atoms with Crippen LogP contribution < -0.4 is 21.2 Å². The highest BCUT2D eigenvalue weighted by Gasteiger charge is 2.40. The minimum Gasteiger partial charge on any atom is -0.481 e. The fourth-order valence-corrected chi connectivity index (χ4v) is 5.75. The van der Waals surface area contributed by atoms with Gasteiger partial charge < -0.3 is 5.11 Å². The van der Waals surface area contributed by atoms with Crippen molar-refractivity contribution in [3.05, 3.63) is 33.9 Å². The number of halogens is 1. The molecule has 2 unspecified atom stereocenters. The first-order chi connectivity index (χ1) is 7.77. The Kier molecular flexibility index (Phi) is 4.21. The van der Waals surface area contributed by atoms with Crippen molar-refractivity contribution < 1.29 is 31.1 Å². The summed E-state index contributed by atoms with van der Waals surface area (Å²) in [5.74, 6) is -0.665. The molecule has 0 radical (unpaired) electrons. The Balaban J connectivity index is 2.04. The lowest BCUT2D eigenvalue weighted by Crippen LogP contribution is -3.65. The number of carboxylic acids is 1. The van der Waals surface area contributed by atoms with Crippen LogP contribution in [0.5, 0.6) is 0 Å². The van der Waals surface area contributed by atoms with E-state index < -0.39 is 5.97 Å². The van der Waals surface area contributed by atoms with Crippen LogP contribution in [0, 0.1) is 9.49 Å². The lowest BCUT2D eigenvalue weighted by Gasteiger charge is -2.19. The maximum absolute atomic E-state index is 11.2. The number of carbonyl (C=O) groups is 1. The van der Waals surface area contributed by atoms with E-state index in [2.05, 4.69) is 12.1 Å². The first-order valence-corrected chi connectivity index (χ1v) is 8.01. The minimum absolute atomic E-state index is 0.0817. The van der Waals surface area contributed by atoms with Gasteiger partial charge in [0.15, 0.2) is 7.49 Å². The zero-order chi connectivity index (χ0) is 11.4. The molecule has 2 nitrogen and oxygen atoms in total. The van der Waals surface area contributed by atoms with E-state index in [4.69, 9.17) is 0 Å². The summed E-state index contributed by atoms with van der Waals surface area (Å²) in [4.78, 5) is 11.2. The molecule has 16 heavy (non-hydrogen) atoms. The van der Waals surface area contributed by atoms with Gasteiger partial charge in [0, 0.05) is 0 Å². The molecule has 2 rings (SSSR count). The molecule has 1 aliphatic rings. The van der Waals surface area contributed by atoms with Crippen LogP contribution in [0.2, 0.25) is 0 Å². The molecule has 0 spiro atoms. The fraction of sp³-hybridized carbons (Fsp3) is 0.462. The summed E-state index contributed by atoms with van der Waals surface area (Å²) in [6.07, 6.45) is 4.29. The molecule has 1 saturated carbocycles. The highest BCUT2D eigenvalue weighted by molar-refractivity contribution is 5.70. The molecule has 1 aromatic carbocycles. The molecule has 1 aliphatic carbocycles. The van der Waals surface area contributed by atoms with E-state index in [1.807, 2.05) is 18.2 Å². The molecule has 0 bridgehead atoms. The number of hydrogen-bond donors (Lipinski definition) is 1. The highest BCUT2D eigenvalue weighted by atomic mass is 127. The second-order valence-electron chi connectivity index (χ2n) is 4.15. The van der Waals surface area contributed by atoms with E-state index in [1.54, 1.807) is 0 Å². The zero-order valence-corrected chi connectivity index (χ0v) is 11.3. The number of benzene rings is 1. The normalized spacial score (nSPS) is 25.2. The van der Waals surface area contributed by atoms with Gasteiger partial charge in [0.1, 0.15) is 5.92 Å². The van der Waals surface area contributed by atoms with Crippen molar-refractivity contribution in [3.63, 3.8) is 0 Å². The van der Waals surface area contributed by atoms with Gasteiger partial charge in [-0.15, -0.1) is 0 Å². The lowest BCUT2D eigenvalue weighted by molar-refractivity contribution is -0.670. The summed E-state index contributed by atoms with van der Waals surface area (Å²) in [6, 6.07) is 10.4. The molecule has 86 valence electrons. The van der Waals surface area contributed by atoms with Crippen LogP contribution in [0.15, 0.2) is 30.3 Å². The van der Waals surface area contributed by atoms with Gasteiger partial charge in [-0.05, 0) is 31.4 Å². The van der Waals surface area contributed by atoms with Gasteiger partial charge >= 0.3 is 27.2 Å². The van der Waals surface area contributed by atoms with Crippen LogP contribution in [0.25, 0.3) is 0 Å². The molecule has 0 heterocycles. The quantitative estimate of drug-likeness (QED) is 0.604. The molecule has 3 heteroatoms. The number of rotatable bonds is 3. The third-order valence-corrected chi connectivity index (χ3v) is 6.73. The molecular weight excluding hydrogens is 315 g/mol. The second-order valence-corrected chi connectivity index (χ2v) is 7.62. The predicted octanol–water partition coefficient (Wildman–Crippen LogP) is -0.411. The Bertz CT molecular complexity index is 350. The third kappa shape index (κ3) is 2.97. The van der Waals surface area contributed by atoms with Gasteiger partial charge in [0.2, 0.25) is 0 Å². The number of hydrogen-bond acceptors (Lipinski definition) is 1. The average Bonchev–Trinajstić information content (AvgIpc) is 2.31. The van der Waals surface area contributed by atoms with Crippen LogP contribution in [-0.2, 0) is 4.79 Å². The van der Waals surface area contributed by atoms with Gasteiger partial charge in [-0.2, -0.15) is 0 Å². The Morgan fingerprint density at radius 2 is 1.88 bits per heavy atom. The summed E-state index contributed by atoms with van der Waals surface area (Å²) in [5, 5.41) is 9.20. The monoisotopic (exact) mass is 331 g/mol. The molecule has 1 aromatic rings. The molecule has 0 aromatic heterocycles. The highest BCUT2D eigenvalue weighted by Crippen LogP contribution is 2.21. The smallest absolute Gasteiger partial charge is 0.317 e. The number of alkyl halides is 1. The summed E-state index contributed by atoms with van der Waals surface area (Å²) in [5.41, 5.74) is 0. The molecular formula is C13H16IO2+. The van der Waals surface area contributed by atoms with Crippen LogP contribution in [0.4, 0.5) is 0 Å². The predicted molar refractivity (Wildman–Crippen MR) is 58.5 cm³/mol. The van der Waals surface area contributed by atoms with Crippen LogP contribution >= 0.6 is 0 Å². The van der Waals surface area contributed by atoms with Crippen molar-refractivity contribution in [2.24, 2.45) is 5.92 Å². The van der Waals surface area contributed by atoms with Crippen molar-refractivity contribution in [2.45, 2.75) is 29.6 Å². The molecule has 1 fully saturated rings. The number of carboxylic acid groups (broad SMARTS) is 1. The van der Waals surface area contributed by atoms with E-state index in [1.165, 1.54) is 9.99 Å². The van der Waals surface area contributed by atoms with Gasteiger partial charge in [-0.1, -0.05) is 24.6 Å². The van der Waals surface area contributed by atoms with Crippen LogP contribution in [-0.4, -0.2) is 15.0 Å². The van der Waals surface area contributed by atoms with Gasteiger partial charge in [-0.3, -0.25) is 4.79 Å². The van der Waals surface area contributed by atoms with Gasteiger partial charge in [-0.25, -0.2) is 0 Å². The lowest BCUT2D eigenvalue weighted by atomic mass is 9.89. The maximum atomic E-state index is 11.2. The van der Waals surface area contributed by atoms with E-state index in [-0.39, 0.29) is 27.1 Å². The van der Waals surface area contributed by atoms with E-state index in [0.717, 1.165) is 19.3 Å². The minimum atomic E-state index is -0.583. The van der Waals surface area contributed by atoms with Crippen LogP contribution in [0.3, 0.4) is 0 Å². The maximum Gasteiger partial charge on any atom is 0.317 e. The third-order valence-electron chi connectivity index (χ3n) is 3.00. The molecule has 0 amide bonds. The van der Waals surface area contributed by atoms with Crippen molar-refractivity contribution in [1.82, 2.24) is 0 Å². The average molecular weight is 331 g/mol. The largest absolute Gasteiger partial charge is 0.481 e. The Labute approximate surface area is 106 Å². The first-order valence-electron chi connectivity index (χ1n) is 5.68. The first kappa shape index (κ1) is 11.9. The van der Waals surface area contributed by atoms with Gasteiger partial charge in [0.05, 0.1) is 0 Å². The van der Waals surface area contributed by atoms with Crippen molar-refractivity contribution >= 4 is 5.97 Å². The van der Waals surface area contributed by atoms with E-state index in [0.29, 0.717) is 3.92 Å². The Hall–Kier alpha value is -0.580. The zero-order valence-electron chi connectivity index (χ0n) is 9.10. The van der Waals surface area contributed by atoms with E-state index in [9.17, 15) is 9.90 Å². The van der Waals surface area contributed by atoms with Crippen molar-refractivity contribution in [2.75, 3.05) is 0 Å². The number of aliphatic carboxylic acids is 1. The molecule has 0 aliphatic heterocycles. The second kappa shape index (κ2) is 5.66. The summed E-state index contributed by atoms with van der Waals surface area (Å²) in [6.45, 7) is 0. The van der Waals surface area contributed by atoms with E-state index >= 15 is 0 Å². The summed E-state index contributed by atoms with van der Waals surface area (Å²) < 4.78 is 1.81. The molecule has 1 N–H and O–H groups in total. The summed E-state index contributed by atoms with van der Waals surface area (Å²) >= 11 is -0.149.